The smallest absolute Gasteiger partial charge is 0.0541 e. The van der Waals surface area contributed by atoms with E-state index in [0.717, 1.165) is 6.42 Å². The van der Waals surface area contributed by atoms with Crippen LogP contribution in [0.4, 0.5) is 0 Å². The molecule has 2 aromatic heterocycles. The Labute approximate surface area is 297 Å². The van der Waals surface area contributed by atoms with Crippen LogP contribution in [0.25, 0.3) is 77.2 Å². The van der Waals surface area contributed by atoms with Crippen LogP contribution in [0, 0.1) is 0 Å². The van der Waals surface area contributed by atoms with Crippen molar-refractivity contribution in [1.82, 2.24) is 9.13 Å². The number of hydrogen-bond donors (Lipinski definition) is 0. The van der Waals surface area contributed by atoms with E-state index in [9.17, 15) is 0 Å². The average molecular weight is 653 g/mol. The van der Waals surface area contributed by atoms with E-state index >= 15 is 0 Å². The molecule has 1 atom stereocenters. The Kier molecular flexibility index (Phi) is 6.72. The molecule has 0 amide bonds. The highest BCUT2D eigenvalue weighted by Gasteiger charge is 2.24. The monoisotopic (exact) mass is 652 g/mol. The van der Waals surface area contributed by atoms with Gasteiger partial charge in [0.1, 0.15) is 0 Å². The quantitative estimate of drug-likeness (QED) is 0.175. The summed E-state index contributed by atoms with van der Waals surface area (Å²) in [5, 5.41) is 5.04. The van der Waals surface area contributed by atoms with Gasteiger partial charge >= 0.3 is 0 Å². The maximum Gasteiger partial charge on any atom is 0.0541 e. The highest BCUT2D eigenvalue weighted by molar-refractivity contribution is 6.12. The van der Waals surface area contributed by atoms with Gasteiger partial charge in [-0.15, -0.1) is 0 Å². The summed E-state index contributed by atoms with van der Waals surface area (Å²) in [4.78, 5) is 0. The van der Waals surface area contributed by atoms with E-state index in [4.69, 9.17) is 0 Å². The van der Waals surface area contributed by atoms with Crippen LogP contribution in [0.15, 0.2) is 188 Å². The summed E-state index contributed by atoms with van der Waals surface area (Å²) < 4.78 is 4.82. The predicted octanol–water partition coefficient (Wildman–Crippen LogP) is 13.0. The molecule has 0 saturated carbocycles. The van der Waals surface area contributed by atoms with Crippen LogP contribution in [0.5, 0.6) is 0 Å². The van der Waals surface area contributed by atoms with Gasteiger partial charge in [-0.2, -0.15) is 0 Å². The normalized spacial score (nSPS) is 15.8. The minimum atomic E-state index is 0.0304. The molecule has 1 aliphatic carbocycles. The largest absolute Gasteiger partial charge is 0.309 e. The predicted molar refractivity (Wildman–Crippen MR) is 216 cm³/mol. The Hall–Kier alpha value is -6.38. The summed E-state index contributed by atoms with van der Waals surface area (Å²) in [6.07, 6.45) is 9.92. The van der Waals surface area contributed by atoms with E-state index in [1.807, 2.05) is 0 Å². The highest BCUT2D eigenvalue weighted by Crippen LogP contribution is 2.39. The second-order valence-electron chi connectivity index (χ2n) is 14.0. The lowest BCUT2D eigenvalue weighted by Crippen LogP contribution is -2.19. The molecule has 2 heterocycles. The lowest BCUT2D eigenvalue weighted by atomic mass is 9.77. The summed E-state index contributed by atoms with van der Waals surface area (Å²) in [5.41, 5.74) is 13.5. The maximum atomic E-state index is 2.41. The Bertz CT molecular complexity index is 2830. The topological polar surface area (TPSA) is 9.86 Å². The van der Waals surface area contributed by atoms with Crippen molar-refractivity contribution in [2.45, 2.75) is 18.8 Å². The first-order valence-corrected chi connectivity index (χ1v) is 17.8. The molecule has 0 bridgehead atoms. The van der Waals surface area contributed by atoms with Gasteiger partial charge in [0.15, 0.2) is 0 Å². The molecule has 7 aromatic carbocycles. The molecule has 0 fully saturated rings. The Morgan fingerprint density at radius 1 is 0.412 bits per heavy atom. The van der Waals surface area contributed by atoms with E-state index in [1.54, 1.807) is 0 Å². The molecular formula is C49H36N2. The molecule has 0 spiro atoms. The van der Waals surface area contributed by atoms with Crippen LogP contribution >= 0.6 is 0 Å². The fourth-order valence-electron chi connectivity index (χ4n) is 8.25. The van der Waals surface area contributed by atoms with Crippen molar-refractivity contribution in [3.8, 4) is 33.6 Å². The summed E-state index contributed by atoms with van der Waals surface area (Å²) in [6, 6.07) is 60.2. The van der Waals surface area contributed by atoms with Crippen LogP contribution in [-0.2, 0) is 5.41 Å². The molecule has 1 aliphatic rings. The molecule has 0 radical (unpaired) electrons. The van der Waals surface area contributed by atoms with Crippen LogP contribution in [0.2, 0.25) is 0 Å². The first-order chi connectivity index (χ1) is 25.1. The molecule has 242 valence electrons. The van der Waals surface area contributed by atoms with E-state index in [0.29, 0.717) is 0 Å². The minimum Gasteiger partial charge on any atom is -0.309 e. The molecule has 2 heteroatoms. The third-order valence-corrected chi connectivity index (χ3v) is 10.9. The fourth-order valence-corrected chi connectivity index (χ4v) is 8.25. The lowest BCUT2D eigenvalue weighted by Gasteiger charge is -2.27. The molecule has 9 aromatic rings. The zero-order valence-corrected chi connectivity index (χ0v) is 28.5. The molecular weight excluding hydrogens is 617 g/mol. The third-order valence-electron chi connectivity index (χ3n) is 10.9. The van der Waals surface area contributed by atoms with E-state index in [-0.39, 0.29) is 5.41 Å². The Morgan fingerprint density at radius 3 is 1.59 bits per heavy atom. The van der Waals surface area contributed by atoms with E-state index in [1.165, 1.54) is 82.8 Å². The van der Waals surface area contributed by atoms with Crippen molar-refractivity contribution in [3.63, 3.8) is 0 Å². The van der Waals surface area contributed by atoms with Crippen molar-refractivity contribution in [3.05, 3.63) is 194 Å². The zero-order chi connectivity index (χ0) is 33.9. The van der Waals surface area contributed by atoms with Crippen LogP contribution in [-0.4, -0.2) is 9.13 Å². The Balaban J connectivity index is 1.09. The van der Waals surface area contributed by atoms with Crippen LogP contribution in [0.1, 0.15) is 18.9 Å². The van der Waals surface area contributed by atoms with Gasteiger partial charge in [-0.25, -0.2) is 0 Å². The van der Waals surface area contributed by atoms with E-state index < -0.39 is 0 Å². The van der Waals surface area contributed by atoms with Crippen molar-refractivity contribution in [2.24, 2.45) is 0 Å². The first kappa shape index (κ1) is 29.5. The second kappa shape index (κ2) is 11.6. The third kappa shape index (κ3) is 4.79. The maximum absolute atomic E-state index is 2.41. The molecule has 0 aliphatic heterocycles. The second-order valence-corrected chi connectivity index (χ2v) is 14.0. The van der Waals surface area contributed by atoms with Gasteiger partial charge in [0.2, 0.25) is 0 Å². The molecule has 51 heavy (non-hydrogen) atoms. The summed E-state index contributed by atoms with van der Waals surface area (Å²) in [6.45, 7) is 2.32. The molecule has 2 nitrogen and oxygen atoms in total. The SMILES string of the molecule is CC1(c2ccc(-n3c4ccccc4c4cc(-c5ccc6c(c5)c5ccccc5n6-c5cccc(-c6ccccc6)c5)ccc43)cc2)C=CC=CC1. The fraction of sp³-hybridized carbons (Fsp3) is 0.0612. The van der Waals surface area contributed by atoms with E-state index in [2.05, 4.69) is 204 Å². The van der Waals surface area contributed by atoms with Gasteiger partial charge in [0.05, 0.1) is 22.1 Å². The number of hydrogen-bond acceptors (Lipinski definition) is 0. The molecule has 10 rings (SSSR count). The lowest BCUT2D eigenvalue weighted by molar-refractivity contribution is 0.600. The van der Waals surface area contributed by atoms with Crippen molar-refractivity contribution < 1.29 is 0 Å². The number of aromatic nitrogens is 2. The number of para-hydroxylation sites is 2. The van der Waals surface area contributed by atoms with Crippen LogP contribution < -0.4 is 0 Å². The van der Waals surface area contributed by atoms with Crippen molar-refractivity contribution >= 4 is 43.6 Å². The minimum absolute atomic E-state index is 0.0304. The van der Waals surface area contributed by atoms with Gasteiger partial charge < -0.3 is 9.13 Å². The van der Waals surface area contributed by atoms with Gasteiger partial charge in [-0.3, -0.25) is 0 Å². The number of nitrogens with zero attached hydrogens (tertiary/aromatic N) is 2. The molecule has 1 unspecified atom stereocenters. The van der Waals surface area contributed by atoms with Crippen molar-refractivity contribution in [2.75, 3.05) is 0 Å². The van der Waals surface area contributed by atoms with Crippen molar-refractivity contribution in [1.29, 1.82) is 0 Å². The van der Waals surface area contributed by atoms with Gasteiger partial charge in [-0.1, -0.05) is 134 Å². The Morgan fingerprint density at radius 2 is 0.961 bits per heavy atom. The molecule has 0 saturated heterocycles. The number of allylic oxidation sites excluding steroid dienone is 4. The number of rotatable bonds is 5. The van der Waals surface area contributed by atoms with Gasteiger partial charge in [0, 0.05) is 38.3 Å². The average Bonchev–Trinajstić information content (AvgIpc) is 3.71. The summed E-state index contributed by atoms with van der Waals surface area (Å²) >= 11 is 0. The highest BCUT2D eigenvalue weighted by atomic mass is 15.0. The number of benzene rings is 7. The summed E-state index contributed by atoms with van der Waals surface area (Å²) in [5.74, 6) is 0. The molecule has 0 N–H and O–H groups in total. The first-order valence-electron chi connectivity index (χ1n) is 17.8. The zero-order valence-electron chi connectivity index (χ0n) is 28.5. The van der Waals surface area contributed by atoms with Crippen LogP contribution in [0.3, 0.4) is 0 Å². The standard InChI is InChI=1S/C49H36N2/c1-49(29-10-3-11-30-49)38-23-25-39(26-24-38)50-45-19-8-6-17-41(45)43-32-36(21-27-47(43)50)37-22-28-48-44(33-37)42-18-7-9-20-46(42)51(48)40-16-12-15-35(31-40)34-13-4-2-5-14-34/h2-29,31-33H,30H2,1H3. The summed E-state index contributed by atoms with van der Waals surface area (Å²) in [7, 11) is 0. The van der Waals surface area contributed by atoms with Gasteiger partial charge in [-0.05, 0) is 94.9 Å². The van der Waals surface area contributed by atoms with Gasteiger partial charge in [0.25, 0.3) is 0 Å². The number of fused-ring (bicyclic) bond motifs is 6.